The van der Waals surface area contributed by atoms with Crippen molar-refractivity contribution in [2.24, 2.45) is 11.5 Å². The largest absolute Gasteiger partial charge is 0.363 e. The van der Waals surface area contributed by atoms with Crippen LogP contribution < -0.4 is 11.5 Å². The van der Waals surface area contributed by atoms with Gasteiger partial charge in [0, 0.05) is 0 Å². The summed E-state index contributed by atoms with van der Waals surface area (Å²) < 4.78 is 4.79. The highest BCUT2D eigenvalue weighted by Gasteiger charge is 2.16. The number of aromatic nitrogens is 2. The van der Waals surface area contributed by atoms with Crippen molar-refractivity contribution in [1.29, 1.82) is 0 Å². The third-order valence-corrected chi connectivity index (χ3v) is 2.26. The predicted octanol–water partition coefficient (Wildman–Crippen LogP) is -0.0786. The minimum Gasteiger partial charge on any atom is -0.363 e. The van der Waals surface area contributed by atoms with Gasteiger partial charge in [-0.25, -0.2) is 0 Å². The van der Waals surface area contributed by atoms with E-state index in [0.29, 0.717) is 0 Å². The lowest BCUT2D eigenvalue weighted by atomic mass is 10.2. The van der Waals surface area contributed by atoms with Crippen LogP contribution in [0, 0.1) is 0 Å². The zero-order valence-corrected chi connectivity index (χ0v) is 8.58. The van der Waals surface area contributed by atoms with E-state index in [9.17, 15) is 4.79 Å². The molecule has 0 aliphatic rings. The van der Waals surface area contributed by atoms with Gasteiger partial charge in [-0.2, -0.15) is 16.7 Å². The molecule has 7 heteroatoms. The van der Waals surface area contributed by atoms with E-state index in [1.807, 2.05) is 6.26 Å². The Balaban J connectivity index is 2.61. The van der Waals surface area contributed by atoms with E-state index < -0.39 is 5.91 Å². The minimum atomic E-state index is -0.711. The normalized spacial score (nSPS) is 12.7. The van der Waals surface area contributed by atoms with E-state index >= 15 is 0 Å². The van der Waals surface area contributed by atoms with Gasteiger partial charge in [-0.3, -0.25) is 4.79 Å². The molecule has 14 heavy (non-hydrogen) atoms. The van der Waals surface area contributed by atoms with Crippen LogP contribution in [-0.2, 0) is 0 Å². The first-order chi connectivity index (χ1) is 6.65. The summed E-state index contributed by atoms with van der Waals surface area (Å²) in [6, 6.07) is -0.331. The first kappa shape index (κ1) is 11.0. The number of amides is 1. The quantitative estimate of drug-likeness (QED) is 0.712. The smallest absolute Gasteiger partial charge is 0.290 e. The second-order valence-corrected chi connectivity index (χ2v) is 3.69. The molecule has 0 saturated heterocycles. The van der Waals surface area contributed by atoms with Crippen LogP contribution >= 0.6 is 11.8 Å². The Morgan fingerprint density at radius 2 is 2.43 bits per heavy atom. The summed E-state index contributed by atoms with van der Waals surface area (Å²) in [4.78, 5) is 14.4. The Labute approximate surface area is 85.4 Å². The highest BCUT2D eigenvalue weighted by molar-refractivity contribution is 7.98. The molecule has 4 N–H and O–H groups in total. The topological polar surface area (TPSA) is 108 Å². The molecule has 6 nitrogen and oxygen atoms in total. The van der Waals surface area contributed by atoms with E-state index in [-0.39, 0.29) is 17.8 Å². The number of rotatable bonds is 5. The van der Waals surface area contributed by atoms with Crippen LogP contribution in [0.1, 0.15) is 29.0 Å². The van der Waals surface area contributed by atoms with Crippen molar-refractivity contribution in [2.45, 2.75) is 12.5 Å². The Kier molecular flexibility index (Phi) is 3.90. The van der Waals surface area contributed by atoms with Crippen molar-refractivity contribution in [1.82, 2.24) is 10.1 Å². The number of thioether (sulfide) groups is 1. The Bertz CT molecular complexity index is 314. The fraction of sp³-hybridized carbons (Fsp3) is 0.571. The third kappa shape index (κ3) is 2.71. The summed E-state index contributed by atoms with van der Waals surface area (Å²) in [5.41, 5.74) is 10.7. The van der Waals surface area contributed by atoms with Gasteiger partial charge in [0.2, 0.25) is 5.89 Å². The fourth-order valence-corrected chi connectivity index (χ4v) is 1.34. The van der Waals surface area contributed by atoms with Crippen LogP contribution in [0.25, 0.3) is 0 Å². The molecule has 0 unspecified atom stereocenters. The second kappa shape index (κ2) is 4.97. The number of hydrogen-bond acceptors (Lipinski definition) is 6. The molecule has 1 heterocycles. The van der Waals surface area contributed by atoms with Gasteiger partial charge in [-0.05, 0) is 18.4 Å². The van der Waals surface area contributed by atoms with Gasteiger partial charge in [-0.1, -0.05) is 5.16 Å². The van der Waals surface area contributed by atoms with E-state index in [4.69, 9.17) is 16.0 Å². The van der Waals surface area contributed by atoms with Crippen LogP contribution in [0.5, 0.6) is 0 Å². The lowest BCUT2D eigenvalue weighted by molar-refractivity contribution is 0.0987. The van der Waals surface area contributed by atoms with E-state index in [2.05, 4.69) is 10.1 Å². The summed E-state index contributed by atoms with van der Waals surface area (Å²) >= 11 is 1.68. The zero-order valence-electron chi connectivity index (χ0n) is 7.77. The highest BCUT2D eigenvalue weighted by atomic mass is 32.2. The van der Waals surface area contributed by atoms with Gasteiger partial charge in [0.25, 0.3) is 11.7 Å². The SMILES string of the molecule is CSCC[C@@H](N)c1nc(C(N)=O)no1. The van der Waals surface area contributed by atoms with Gasteiger partial charge in [0.1, 0.15) is 0 Å². The van der Waals surface area contributed by atoms with E-state index in [1.165, 1.54) is 0 Å². The summed E-state index contributed by atoms with van der Waals surface area (Å²) in [5.74, 6) is 0.319. The highest BCUT2D eigenvalue weighted by Crippen LogP contribution is 2.13. The van der Waals surface area contributed by atoms with Gasteiger partial charge in [-0.15, -0.1) is 0 Å². The number of nitrogens with two attached hydrogens (primary N) is 2. The Morgan fingerprint density at radius 1 is 1.71 bits per heavy atom. The molecule has 0 aliphatic carbocycles. The van der Waals surface area contributed by atoms with Crippen LogP contribution in [0.2, 0.25) is 0 Å². The van der Waals surface area contributed by atoms with Crippen molar-refractivity contribution in [2.75, 3.05) is 12.0 Å². The van der Waals surface area contributed by atoms with Gasteiger partial charge >= 0.3 is 0 Å². The molecule has 0 aliphatic heterocycles. The summed E-state index contributed by atoms with van der Waals surface area (Å²) in [5, 5.41) is 3.40. The summed E-state index contributed by atoms with van der Waals surface area (Å²) in [6.07, 6.45) is 2.71. The molecule has 78 valence electrons. The zero-order chi connectivity index (χ0) is 10.6. The van der Waals surface area contributed by atoms with Gasteiger partial charge in [0.05, 0.1) is 6.04 Å². The van der Waals surface area contributed by atoms with Gasteiger partial charge < -0.3 is 16.0 Å². The first-order valence-corrected chi connectivity index (χ1v) is 5.42. The average molecular weight is 216 g/mol. The third-order valence-electron chi connectivity index (χ3n) is 1.61. The number of hydrogen-bond donors (Lipinski definition) is 2. The van der Waals surface area contributed by atoms with Crippen molar-refractivity contribution in [3.05, 3.63) is 11.7 Å². The first-order valence-electron chi connectivity index (χ1n) is 4.03. The number of carbonyl (C=O) groups is 1. The van der Waals surface area contributed by atoms with Crippen molar-refractivity contribution in [3.63, 3.8) is 0 Å². The molecule has 1 aromatic rings. The number of carbonyl (C=O) groups excluding carboxylic acids is 1. The molecular formula is C7H12N4O2S. The predicted molar refractivity (Wildman–Crippen MR) is 52.7 cm³/mol. The average Bonchev–Trinajstić information content (AvgIpc) is 2.62. The molecule has 1 aromatic heterocycles. The maximum atomic E-state index is 10.6. The lowest BCUT2D eigenvalue weighted by Crippen LogP contribution is -2.15. The Morgan fingerprint density at radius 3 is 2.93 bits per heavy atom. The van der Waals surface area contributed by atoms with Crippen LogP contribution in [0.4, 0.5) is 0 Å². The summed E-state index contributed by atoms with van der Waals surface area (Å²) in [7, 11) is 0. The molecule has 0 spiro atoms. The van der Waals surface area contributed by atoms with Crippen molar-refractivity contribution < 1.29 is 9.32 Å². The van der Waals surface area contributed by atoms with Crippen molar-refractivity contribution >= 4 is 17.7 Å². The molecule has 1 atom stereocenters. The lowest BCUT2D eigenvalue weighted by Gasteiger charge is -2.03. The van der Waals surface area contributed by atoms with Crippen molar-refractivity contribution in [3.8, 4) is 0 Å². The fourth-order valence-electron chi connectivity index (χ4n) is 0.854. The molecule has 1 rings (SSSR count). The van der Waals surface area contributed by atoms with Crippen LogP contribution in [-0.4, -0.2) is 28.1 Å². The van der Waals surface area contributed by atoms with Crippen LogP contribution in [0.15, 0.2) is 4.52 Å². The number of nitrogens with zero attached hydrogens (tertiary/aromatic N) is 2. The maximum absolute atomic E-state index is 10.6. The van der Waals surface area contributed by atoms with E-state index in [0.717, 1.165) is 12.2 Å². The monoisotopic (exact) mass is 216 g/mol. The standard InChI is InChI=1S/C7H12N4O2S/c1-14-3-2-4(8)7-10-6(5(9)12)11-13-7/h4H,2-3,8H2,1H3,(H2,9,12)/t4-/m1/s1. The molecule has 0 aromatic carbocycles. The molecular weight excluding hydrogens is 204 g/mol. The molecule has 0 bridgehead atoms. The Hall–Kier alpha value is -1.08. The summed E-state index contributed by atoms with van der Waals surface area (Å²) in [6.45, 7) is 0. The number of primary amides is 1. The minimum absolute atomic E-state index is 0.125. The molecule has 0 radical (unpaired) electrons. The van der Waals surface area contributed by atoms with Gasteiger partial charge in [0.15, 0.2) is 0 Å². The second-order valence-electron chi connectivity index (χ2n) is 2.71. The van der Waals surface area contributed by atoms with Crippen LogP contribution in [0.3, 0.4) is 0 Å². The molecule has 1 amide bonds. The maximum Gasteiger partial charge on any atom is 0.290 e. The molecule has 0 fully saturated rings. The van der Waals surface area contributed by atoms with E-state index in [1.54, 1.807) is 11.8 Å². The molecule has 0 saturated carbocycles.